The number of nitrogens with one attached hydrogen (secondary N) is 1. The smallest absolute Gasteiger partial charge is 0.256 e. The van der Waals surface area contributed by atoms with Crippen molar-refractivity contribution in [1.82, 2.24) is 19.7 Å². The number of methoxy groups -OCH3 is 1. The van der Waals surface area contributed by atoms with Crippen molar-refractivity contribution < 1.29 is 19.1 Å². The number of aromatic nitrogens is 1. The third-order valence-corrected chi connectivity index (χ3v) is 8.88. The second kappa shape index (κ2) is 14.6. The minimum atomic E-state index is 0.0128. The van der Waals surface area contributed by atoms with Crippen molar-refractivity contribution in [3.8, 4) is 11.5 Å². The Hall–Kier alpha value is -4.44. The van der Waals surface area contributed by atoms with Crippen LogP contribution in [0.4, 0.5) is 11.4 Å². The summed E-state index contributed by atoms with van der Waals surface area (Å²) in [5.41, 5.74) is 3.91. The molecule has 6 rings (SSSR count). The number of aliphatic imine (C=N–C) groups is 1. The van der Waals surface area contributed by atoms with Gasteiger partial charge in [0.1, 0.15) is 0 Å². The number of amides is 2. The lowest BCUT2D eigenvalue weighted by Gasteiger charge is -2.35. The summed E-state index contributed by atoms with van der Waals surface area (Å²) in [7, 11) is 1.60. The van der Waals surface area contributed by atoms with Gasteiger partial charge in [-0.3, -0.25) is 24.5 Å². The van der Waals surface area contributed by atoms with E-state index in [0.29, 0.717) is 41.5 Å². The maximum absolute atomic E-state index is 13.4. The van der Waals surface area contributed by atoms with E-state index in [-0.39, 0.29) is 17.9 Å². The highest BCUT2D eigenvalue weighted by atomic mass is 16.5. The zero-order valence-corrected chi connectivity index (χ0v) is 26.0. The molecule has 2 saturated heterocycles. The van der Waals surface area contributed by atoms with Gasteiger partial charge < -0.3 is 24.6 Å². The first kappa shape index (κ1) is 30.6. The maximum Gasteiger partial charge on any atom is 0.256 e. The highest BCUT2D eigenvalue weighted by Crippen LogP contribution is 2.38. The normalized spacial score (nSPS) is 17.9. The number of ether oxygens (including phenoxy) is 2. The first-order chi connectivity index (χ1) is 22.1. The van der Waals surface area contributed by atoms with Gasteiger partial charge in [0.2, 0.25) is 0 Å². The lowest BCUT2D eigenvalue weighted by atomic mass is 10.1. The van der Waals surface area contributed by atoms with Crippen LogP contribution in [-0.4, -0.2) is 96.7 Å². The van der Waals surface area contributed by atoms with Gasteiger partial charge >= 0.3 is 0 Å². The summed E-state index contributed by atoms with van der Waals surface area (Å²) in [5.74, 6) is 1.28. The number of para-hydroxylation sites is 1. The number of nitrogens with zero attached hydrogens (tertiary/aromatic N) is 5. The largest absolute Gasteiger partial charge is 0.493 e. The van der Waals surface area contributed by atoms with Crippen molar-refractivity contribution in [3.63, 3.8) is 0 Å². The van der Waals surface area contributed by atoms with E-state index in [0.717, 1.165) is 82.6 Å². The molecule has 0 unspecified atom stereocenters. The third kappa shape index (κ3) is 7.28. The number of anilines is 1. The average Bonchev–Trinajstić information content (AvgIpc) is 3.52. The van der Waals surface area contributed by atoms with Crippen LogP contribution in [0, 0.1) is 0 Å². The molecule has 2 aromatic carbocycles. The van der Waals surface area contributed by atoms with Crippen molar-refractivity contribution in [2.45, 2.75) is 44.7 Å². The minimum absolute atomic E-state index is 0.0128. The Balaban J connectivity index is 0.922. The van der Waals surface area contributed by atoms with Gasteiger partial charge in [0.15, 0.2) is 11.5 Å². The van der Waals surface area contributed by atoms with E-state index in [1.54, 1.807) is 25.6 Å². The van der Waals surface area contributed by atoms with E-state index >= 15 is 0 Å². The standard InChI is InChI=1S/C35H42N6O4/c1-44-32-22-29-31(38-25-27-8-7-16-41(27)35(29)43)23-33(32)45-21-6-2-5-15-39-17-19-40(20-18-39)34(42)28-9-3-4-10-30(28)37-24-26-11-13-36-14-12-26/h3-4,9-14,22-23,25,27,37H,2,5-8,15-21,24H2,1H3/t27-/m0/s1. The van der Waals surface area contributed by atoms with Crippen LogP contribution in [-0.2, 0) is 6.54 Å². The molecule has 10 nitrogen and oxygen atoms in total. The van der Waals surface area contributed by atoms with Gasteiger partial charge in [-0.2, -0.15) is 0 Å². The lowest BCUT2D eigenvalue weighted by Crippen LogP contribution is -2.48. The number of pyridine rings is 1. The molecule has 0 radical (unpaired) electrons. The number of rotatable bonds is 12. The molecule has 4 heterocycles. The van der Waals surface area contributed by atoms with Gasteiger partial charge in [-0.25, -0.2) is 0 Å². The van der Waals surface area contributed by atoms with E-state index in [9.17, 15) is 9.59 Å². The first-order valence-corrected chi connectivity index (χ1v) is 16.0. The molecule has 3 aromatic rings. The summed E-state index contributed by atoms with van der Waals surface area (Å²) in [6, 6.07) is 15.4. The summed E-state index contributed by atoms with van der Waals surface area (Å²) in [4.78, 5) is 41.5. The van der Waals surface area contributed by atoms with Crippen molar-refractivity contribution >= 4 is 29.4 Å². The fourth-order valence-electron chi connectivity index (χ4n) is 6.28. The number of hydrogen-bond donors (Lipinski definition) is 1. The van der Waals surface area contributed by atoms with Gasteiger partial charge in [-0.15, -0.1) is 0 Å². The van der Waals surface area contributed by atoms with Crippen LogP contribution in [0.2, 0.25) is 0 Å². The van der Waals surface area contributed by atoms with Gasteiger partial charge in [0, 0.05) is 69.6 Å². The molecular formula is C35H42N6O4. The summed E-state index contributed by atoms with van der Waals surface area (Å²) < 4.78 is 11.7. The Morgan fingerprint density at radius 1 is 0.978 bits per heavy atom. The lowest BCUT2D eigenvalue weighted by molar-refractivity contribution is 0.0635. The maximum atomic E-state index is 13.4. The van der Waals surface area contributed by atoms with E-state index < -0.39 is 0 Å². The first-order valence-electron chi connectivity index (χ1n) is 16.0. The van der Waals surface area contributed by atoms with Crippen LogP contribution in [0.25, 0.3) is 0 Å². The summed E-state index contributed by atoms with van der Waals surface area (Å²) >= 11 is 0. The second-order valence-corrected chi connectivity index (χ2v) is 11.8. The molecular weight excluding hydrogens is 568 g/mol. The van der Waals surface area contributed by atoms with E-state index in [1.165, 1.54) is 0 Å². The van der Waals surface area contributed by atoms with Crippen LogP contribution < -0.4 is 14.8 Å². The molecule has 0 saturated carbocycles. The molecule has 0 spiro atoms. The number of piperazine rings is 1. The fraction of sp³-hybridized carbons (Fsp3) is 0.429. The Bertz CT molecular complexity index is 1510. The fourth-order valence-corrected chi connectivity index (χ4v) is 6.28. The quantitative estimate of drug-likeness (QED) is 0.287. The Morgan fingerprint density at radius 2 is 1.80 bits per heavy atom. The van der Waals surface area contributed by atoms with E-state index in [4.69, 9.17) is 9.47 Å². The monoisotopic (exact) mass is 610 g/mol. The Kier molecular flexibility index (Phi) is 9.89. The van der Waals surface area contributed by atoms with Gasteiger partial charge in [0.05, 0.1) is 36.6 Å². The van der Waals surface area contributed by atoms with Crippen LogP contribution in [0.1, 0.15) is 58.4 Å². The summed E-state index contributed by atoms with van der Waals surface area (Å²) in [6.07, 6.45) is 10.4. The molecule has 1 atom stereocenters. The molecule has 3 aliphatic heterocycles. The van der Waals surface area contributed by atoms with Gasteiger partial charge in [-0.1, -0.05) is 12.1 Å². The minimum Gasteiger partial charge on any atom is -0.493 e. The van der Waals surface area contributed by atoms with E-state index in [1.807, 2.05) is 58.5 Å². The molecule has 0 bridgehead atoms. The van der Waals surface area contributed by atoms with Crippen LogP contribution in [0.3, 0.4) is 0 Å². The zero-order chi connectivity index (χ0) is 31.0. The predicted molar refractivity (Wildman–Crippen MR) is 175 cm³/mol. The second-order valence-electron chi connectivity index (χ2n) is 11.8. The summed E-state index contributed by atoms with van der Waals surface area (Å²) in [6.45, 7) is 6.17. The van der Waals surface area contributed by atoms with Gasteiger partial charge in [0.25, 0.3) is 11.8 Å². The number of benzene rings is 2. The van der Waals surface area contributed by atoms with Crippen LogP contribution >= 0.6 is 0 Å². The van der Waals surface area contributed by atoms with E-state index in [2.05, 4.69) is 20.2 Å². The van der Waals surface area contributed by atoms with Crippen molar-refractivity contribution in [2.75, 3.05) is 58.3 Å². The number of fused-ring (bicyclic) bond motifs is 2. The Labute approximate surface area is 265 Å². The molecule has 1 N–H and O–H groups in total. The third-order valence-electron chi connectivity index (χ3n) is 8.88. The average molecular weight is 611 g/mol. The molecule has 3 aliphatic rings. The molecule has 1 aromatic heterocycles. The highest BCUT2D eigenvalue weighted by molar-refractivity contribution is 6.03. The molecule has 10 heteroatoms. The zero-order valence-electron chi connectivity index (χ0n) is 26.0. The van der Waals surface area contributed by atoms with Crippen molar-refractivity contribution in [2.24, 2.45) is 4.99 Å². The molecule has 2 fully saturated rings. The predicted octanol–water partition coefficient (Wildman–Crippen LogP) is 5.03. The molecule has 0 aliphatic carbocycles. The number of carbonyl (C=O) groups is 2. The van der Waals surface area contributed by atoms with Gasteiger partial charge in [-0.05, 0) is 74.5 Å². The van der Waals surface area contributed by atoms with Crippen molar-refractivity contribution in [1.29, 1.82) is 0 Å². The van der Waals surface area contributed by atoms with Crippen molar-refractivity contribution in [3.05, 3.63) is 77.6 Å². The highest BCUT2D eigenvalue weighted by Gasteiger charge is 2.32. The Morgan fingerprint density at radius 3 is 2.62 bits per heavy atom. The van der Waals surface area contributed by atoms with Crippen LogP contribution in [0.15, 0.2) is 65.9 Å². The molecule has 45 heavy (non-hydrogen) atoms. The number of hydrogen-bond acceptors (Lipinski definition) is 8. The number of carbonyl (C=O) groups excluding carboxylic acids is 2. The number of unbranched alkanes of at least 4 members (excludes halogenated alkanes) is 2. The topological polar surface area (TPSA) is 99.6 Å². The summed E-state index contributed by atoms with van der Waals surface area (Å²) in [5, 5.41) is 3.42. The SMILES string of the molecule is COc1cc2c(cc1OCCCCCN1CCN(C(=O)c3ccccc3NCc3ccncc3)CC1)N=C[C@@H]1CCCN1C2=O. The van der Waals surface area contributed by atoms with Crippen LogP contribution in [0.5, 0.6) is 11.5 Å². The molecule has 2 amide bonds. The molecule has 236 valence electrons.